The number of amidine groups is 2. The first kappa shape index (κ1) is 28.7. The Labute approximate surface area is 284 Å². The molecule has 1 aliphatic rings. The average molecular weight is 629 g/mol. The van der Waals surface area contributed by atoms with Gasteiger partial charge in [0.1, 0.15) is 11.2 Å². The zero-order chi connectivity index (χ0) is 32.6. The Hall–Kier alpha value is -6.52. The third-order valence-corrected chi connectivity index (χ3v) is 9.09. The van der Waals surface area contributed by atoms with Gasteiger partial charge in [-0.15, -0.1) is 0 Å². The highest BCUT2D eigenvalue weighted by molar-refractivity contribution is 6.24. The van der Waals surface area contributed by atoms with Gasteiger partial charge in [0.2, 0.25) is 0 Å². The van der Waals surface area contributed by atoms with E-state index in [9.17, 15) is 0 Å². The second kappa shape index (κ2) is 12.3. The van der Waals surface area contributed by atoms with Crippen LogP contribution in [0.5, 0.6) is 0 Å². The second-order valence-electron chi connectivity index (χ2n) is 12.2. The fraction of sp³-hybridized carbons (Fsp3) is 0.0222. The molecule has 1 atom stereocenters. The largest absolute Gasteiger partial charge is 0.456 e. The Morgan fingerprint density at radius 1 is 0.449 bits per heavy atom. The van der Waals surface area contributed by atoms with Crippen molar-refractivity contribution in [2.75, 3.05) is 0 Å². The van der Waals surface area contributed by atoms with E-state index in [1.165, 1.54) is 11.1 Å². The van der Waals surface area contributed by atoms with Crippen molar-refractivity contribution in [2.24, 2.45) is 9.98 Å². The summed E-state index contributed by atoms with van der Waals surface area (Å²) >= 11 is 0. The Kier molecular flexibility index (Phi) is 7.17. The summed E-state index contributed by atoms with van der Waals surface area (Å²) in [6.45, 7) is 0. The quantitative estimate of drug-likeness (QED) is 0.181. The van der Waals surface area contributed by atoms with Crippen molar-refractivity contribution in [1.82, 2.24) is 0 Å². The van der Waals surface area contributed by atoms with Crippen molar-refractivity contribution in [3.05, 3.63) is 198 Å². The first-order valence-electron chi connectivity index (χ1n) is 16.5. The van der Waals surface area contributed by atoms with Gasteiger partial charge in [-0.05, 0) is 62.7 Å². The SMILES string of the molecule is c1ccc(C2=NC(c3cc(-c4ccccc4)cc4oc5ccccc5c34)=NC(c3ccc(-c4ccc(-c5ccccc5)cc4)cc3)[N-]2)cc1. The van der Waals surface area contributed by atoms with E-state index in [0.717, 1.165) is 60.9 Å². The minimum atomic E-state index is -0.467. The van der Waals surface area contributed by atoms with Crippen LogP contribution in [0.3, 0.4) is 0 Å². The van der Waals surface area contributed by atoms with Crippen molar-refractivity contribution in [2.45, 2.75) is 6.17 Å². The summed E-state index contributed by atoms with van der Waals surface area (Å²) in [7, 11) is 0. The number of hydrogen-bond donors (Lipinski definition) is 0. The molecule has 0 amide bonds. The van der Waals surface area contributed by atoms with Gasteiger partial charge in [0.15, 0.2) is 0 Å². The van der Waals surface area contributed by atoms with Crippen LogP contribution >= 0.6 is 0 Å². The van der Waals surface area contributed by atoms with Gasteiger partial charge in [0, 0.05) is 16.3 Å². The molecule has 4 heteroatoms. The van der Waals surface area contributed by atoms with Crippen LogP contribution in [0.15, 0.2) is 190 Å². The highest BCUT2D eigenvalue weighted by Crippen LogP contribution is 2.39. The fourth-order valence-corrected chi connectivity index (χ4v) is 6.59. The van der Waals surface area contributed by atoms with E-state index in [0.29, 0.717) is 11.7 Å². The van der Waals surface area contributed by atoms with Crippen LogP contribution in [0, 0.1) is 0 Å². The van der Waals surface area contributed by atoms with Gasteiger partial charge in [0.25, 0.3) is 0 Å². The van der Waals surface area contributed by atoms with E-state index >= 15 is 0 Å². The molecule has 0 spiro atoms. The highest BCUT2D eigenvalue weighted by atomic mass is 16.3. The third-order valence-electron chi connectivity index (χ3n) is 9.09. The Balaban J connectivity index is 1.15. The summed E-state index contributed by atoms with van der Waals surface area (Å²) in [5.74, 6) is 1.29. The van der Waals surface area contributed by atoms with E-state index in [2.05, 4.69) is 115 Å². The highest BCUT2D eigenvalue weighted by Gasteiger charge is 2.19. The lowest BCUT2D eigenvalue weighted by molar-refractivity contribution is 0.669. The lowest BCUT2D eigenvalue weighted by Gasteiger charge is -2.32. The molecule has 0 N–H and O–H groups in total. The minimum Gasteiger partial charge on any atom is -0.456 e. The number of aliphatic imine (C=N–C) groups is 2. The summed E-state index contributed by atoms with van der Waals surface area (Å²) in [5.41, 5.74) is 11.4. The monoisotopic (exact) mass is 628 g/mol. The normalized spacial score (nSPS) is 14.3. The van der Waals surface area contributed by atoms with Crippen LogP contribution in [0.25, 0.3) is 60.6 Å². The number of para-hydroxylation sites is 1. The van der Waals surface area contributed by atoms with Crippen molar-refractivity contribution >= 4 is 33.6 Å². The Morgan fingerprint density at radius 2 is 0.959 bits per heavy atom. The Morgan fingerprint density at radius 3 is 1.59 bits per heavy atom. The van der Waals surface area contributed by atoms with Crippen molar-refractivity contribution in [3.63, 3.8) is 0 Å². The zero-order valence-corrected chi connectivity index (χ0v) is 26.6. The number of furan rings is 1. The molecule has 1 aliphatic heterocycles. The molecular formula is C45H30N3O-. The summed E-state index contributed by atoms with van der Waals surface area (Å²) < 4.78 is 6.43. The first-order chi connectivity index (χ1) is 24.3. The maximum absolute atomic E-state index is 6.43. The van der Waals surface area contributed by atoms with E-state index in [4.69, 9.17) is 19.7 Å². The molecule has 0 aliphatic carbocycles. The van der Waals surface area contributed by atoms with Crippen LogP contribution in [-0.4, -0.2) is 11.7 Å². The molecule has 232 valence electrons. The number of hydrogen-bond acceptors (Lipinski definition) is 3. The van der Waals surface area contributed by atoms with E-state index in [1.54, 1.807) is 0 Å². The first-order valence-corrected chi connectivity index (χ1v) is 16.5. The predicted octanol–water partition coefficient (Wildman–Crippen LogP) is 11.9. The van der Waals surface area contributed by atoms with Crippen molar-refractivity contribution in [3.8, 4) is 33.4 Å². The van der Waals surface area contributed by atoms with Gasteiger partial charge in [-0.3, -0.25) is 4.99 Å². The molecule has 0 bridgehead atoms. The topological polar surface area (TPSA) is 52.0 Å². The van der Waals surface area contributed by atoms with Gasteiger partial charge in [-0.25, -0.2) is 0 Å². The molecule has 0 radical (unpaired) electrons. The number of benzene rings is 7. The van der Waals surface area contributed by atoms with Gasteiger partial charge in [-0.2, -0.15) is 0 Å². The summed E-state index contributed by atoms with van der Waals surface area (Å²) in [4.78, 5) is 10.4. The molecule has 2 heterocycles. The average Bonchev–Trinajstić information content (AvgIpc) is 3.57. The molecule has 1 aromatic heterocycles. The number of fused-ring (bicyclic) bond motifs is 3. The second-order valence-corrected chi connectivity index (χ2v) is 12.2. The lowest BCUT2D eigenvalue weighted by atomic mass is 9.97. The van der Waals surface area contributed by atoms with Gasteiger partial charge < -0.3 is 14.7 Å². The molecule has 1 unspecified atom stereocenters. The number of rotatable bonds is 6. The smallest absolute Gasteiger partial charge is 0.136 e. The van der Waals surface area contributed by atoms with Crippen LogP contribution in [-0.2, 0) is 0 Å². The standard InChI is InChI=1S/C45H30N3O/c1-4-12-30(13-5-1)32-20-22-33(23-21-32)34-24-26-36(27-25-34)44-46-43(35-16-8-3-9-17-35)47-45(48-44)39-28-37(31-14-6-2-7-15-31)29-41-42(39)38-18-10-11-19-40(38)49-41/h1-29,44H/q-1. The molecule has 9 rings (SSSR count). The van der Waals surface area contributed by atoms with Gasteiger partial charge in [0.05, 0.1) is 12.0 Å². The van der Waals surface area contributed by atoms with E-state index in [-0.39, 0.29) is 0 Å². The predicted molar refractivity (Wildman–Crippen MR) is 202 cm³/mol. The summed E-state index contributed by atoms with van der Waals surface area (Å²) in [6, 6.07) is 60.7. The van der Waals surface area contributed by atoms with Crippen LogP contribution in [0.1, 0.15) is 22.9 Å². The molecule has 0 fully saturated rings. The van der Waals surface area contributed by atoms with E-state index < -0.39 is 6.17 Å². The fourth-order valence-electron chi connectivity index (χ4n) is 6.59. The third kappa shape index (κ3) is 5.49. The Bertz CT molecular complexity index is 2480. The van der Waals surface area contributed by atoms with Crippen LogP contribution < -0.4 is 0 Å². The maximum Gasteiger partial charge on any atom is 0.136 e. The summed E-state index contributed by atoms with van der Waals surface area (Å²) in [6.07, 6.45) is -0.467. The molecular weight excluding hydrogens is 599 g/mol. The van der Waals surface area contributed by atoms with E-state index in [1.807, 2.05) is 60.7 Å². The minimum absolute atomic E-state index is 0.467. The maximum atomic E-state index is 6.43. The summed E-state index contributed by atoms with van der Waals surface area (Å²) in [5, 5.41) is 7.13. The molecule has 0 saturated carbocycles. The van der Waals surface area contributed by atoms with Gasteiger partial charge in [-0.1, -0.05) is 164 Å². The van der Waals surface area contributed by atoms with Gasteiger partial charge >= 0.3 is 0 Å². The molecule has 8 aromatic rings. The lowest BCUT2D eigenvalue weighted by Crippen LogP contribution is -2.16. The molecule has 49 heavy (non-hydrogen) atoms. The van der Waals surface area contributed by atoms with Crippen molar-refractivity contribution in [1.29, 1.82) is 0 Å². The van der Waals surface area contributed by atoms with Crippen molar-refractivity contribution < 1.29 is 4.42 Å². The number of nitrogens with zero attached hydrogens (tertiary/aromatic N) is 3. The van der Waals surface area contributed by atoms with Crippen LogP contribution in [0.4, 0.5) is 0 Å². The molecule has 0 saturated heterocycles. The van der Waals surface area contributed by atoms with Crippen LogP contribution in [0.2, 0.25) is 0 Å². The molecule has 7 aromatic carbocycles. The zero-order valence-electron chi connectivity index (χ0n) is 26.6. The molecule has 4 nitrogen and oxygen atoms in total.